The van der Waals surface area contributed by atoms with E-state index in [4.69, 9.17) is 16.3 Å². The first-order chi connectivity index (χ1) is 15.0. The lowest BCUT2D eigenvalue weighted by atomic mass is 10.0. The van der Waals surface area contributed by atoms with E-state index in [1.807, 2.05) is 13.0 Å². The number of hydrogen-bond acceptors (Lipinski definition) is 6. The Balaban J connectivity index is 2.06. The number of benzene rings is 2. The molecule has 9 nitrogen and oxygen atoms in total. The third-order valence-electron chi connectivity index (χ3n) is 4.57. The Hall–Kier alpha value is -3.46. The van der Waals surface area contributed by atoms with Gasteiger partial charge in [-0.3, -0.25) is 19.7 Å². The van der Waals surface area contributed by atoms with Gasteiger partial charge in [0, 0.05) is 17.7 Å². The molecule has 0 spiro atoms. The highest BCUT2D eigenvalue weighted by molar-refractivity contribution is 6.33. The Bertz CT molecular complexity index is 1040. The smallest absolute Gasteiger partial charge is 0.329 e. The number of carbonyl (C=O) groups excluding carboxylic acids is 3. The molecule has 0 radical (unpaired) electrons. The second kappa shape index (κ2) is 10.7. The van der Waals surface area contributed by atoms with Gasteiger partial charge in [0.2, 0.25) is 0 Å². The molecule has 0 fully saturated rings. The molecule has 2 aromatic rings. The highest BCUT2D eigenvalue weighted by Crippen LogP contribution is 2.27. The van der Waals surface area contributed by atoms with E-state index in [0.717, 1.165) is 11.6 Å². The van der Waals surface area contributed by atoms with Gasteiger partial charge in [0.05, 0.1) is 15.6 Å². The van der Waals surface area contributed by atoms with Crippen LogP contribution in [0.1, 0.15) is 36.7 Å². The number of non-ortho nitro benzene ring substituents is 1. The van der Waals surface area contributed by atoms with E-state index < -0.39 is 34.9 Å². The average Bonchev–Trinajstić information content (AvgIpc) is 2.72. The minimum atomic E-state index is -1.24. The van der Waals surface area contributed by atoms with Gasteiger partial charge in [-0.1, -0.05) is 43.1 Å². The van der Waals surface area contributed by atoms with Crippen LogP contribution in [0.5, 0.6) is 0 Å². The maximum atomic E-state index is 12.7. The summed E-state index contributed by atoms with van der Waals surface area (Å²) >= 11 is 5.98. The Morgan fingerprint density at radius 3 is 2.38 bits per heavy atom. The van der Waals surface area contributed by atoms with Gasteiger partial charge in [-0.2, -0.15) is 0 Å². The van der Waals surface area contributed by atoms with Crippen molar-refractivity contribution >= 4 is 40.8 Å². The maximum Gasteiger partial charge on any atom is 0.329 e. The number of ether oxygens (including phenoxy) is 1. The van der Waals surface area contributed by atoms with E-state index in [9.17, 15) is 24.5 Å². The van der Waals surface area contributed by atoms with Crippen molar-refractivity contribution in [2.24, 2.45) is 5.92 Å². The molecule has 0 aliphatic heterocycles. The van der Waals surface area contributed by atoms with E-state index >= 15 is 0 Å². The summed E-state index contributed by atoms with van der Waals surface area (Å²) in [6.45, 7) is 6.66. The minimum absolute atomic E-state index is 0.0157. The monoisotopic (exact) mass is 461 g/mol. The second-order valence-electron chi connectivity index (χ2n) is 7.55. The normalized spacial score (nSPS) is 12.6. The molecule has 2 aromatic carbocycles. The number of hydrogen-bond donors (Lipinski definition) is 2. The number of rotatable bonds is 8. The Morgan fingerprint density at radius 1 is 1.09 bits per heavy atom. The van der Waals surface area contributed by atoms with Crippen molar-refractivity contribution in [1.29, 1.82) is 0 Å². The lowest BCUT2D eigenvalue weighted by Crippen LogP contribution is -2.47. The van der Waals surface area contributed by atoms with E-state index in [-0.39, 0.29) is 22.3 Å². The number of aryl methyl sites for hydroxylation is 1. The van der Waals surface area contributed by atoms with Crippen LogP contribution in [-0.2, 0) is 14.3 Å². The van der Waals surface area contributed by atoms with Gasteiger partial charge < -0.3 is 15.4 Å². The van der Waals surface area contributed by atoms with Crippen molar-refractivity contribution in [1.82, 2.24) is 5.32 Å². The largest absolute Gasteiger partial charge is 0.451 e. The van der Waals surface area contributed by atoms with E-state index in [1.165, 1.54) is 19.1 Å². The average molecular weight is 462 g/mol. The summed E-state index contributed by atoms with van der Waals surface area (Å²) < 4.78 is 5.24. The molecule has 0 aliphatic rings. The molecule has 10 heteroatoms. The minimum Gasteiger partial charge on any atom is -0.451 e. The summed E-state index contributed by atoms with van der Waals surface area (Å²) in [6.07, 6.45) is -1.24. The molecule has 0 aliphatic carbocycles. The van der Waals surface area contributed by atoms with Crippen LogP contribution in [-0.4, -0.2) is 34.9 Å². The van der Waals surface area contributed by atoms with Crippen LogP contribution in [0, 0.1) is 23.0 Å². The van der Waals surface area contributed by atoms with Crippen LogP contribution < -0.4 is 10.6 Å². The van der Waals surface area contributed by atoms with Crippen molar-refractivity contribution in [2.45, 2.75) is 39.8 Å². The van der Waals surface area contributed by atoms with Crippen molar-refractivity contribution in [3.8, 4) is 0 Å². The number of nitrogens with one attached hydrogen (secondary N) is 2. The molecule has 0 aromatic heterocycles. The van der Waals surface area contributed by atoms with Gasteiger partial charge in [-0.05, 0) is 38.0 Å². The molecular weight excluding hydrogens is 438 g/mol. The van der Waals surface area contributed by atoms with E-state index in [0.29, 0.717) is 5.56 Å². The molecule has 32 heavy (non-hydrogen) atoms. The molecule has 2 N–H and O–H groups in total. The zero-order valence-electron chi connectivity index (χ0n) is 18.0. The second-order valence-corrected chi connectivity index (χ2v) is 7.96. The van der Waals surface area contributed by atoms with Gasteiger partial charge in [0.1, 0.15) is 6.04 Å². The van der Waals surface area contributed by atoms with E-state index in [1.54, 1.807) is 32.0 Å². The van der Waals surface area contributed by atoms with Crippen molar-refractivity contribution < 1.29 is 24.0 Å². The van der Waals surface area contributed by atoms with E-state index in [2.05, 4.69) is 10.6 Å². The lowest BCUT2D eigenvalue weighted by molar-refractivity contribution is -0.384. The number of amides is 2. The molecule has 1 unspecified atom stereocenters. The van der Waals surface area contributed by atoms with Gasteiger partial charge in [-0.15, -0.1) is 0 Å². The van der Waals surface area contributed by atoms with Crippen LogP contribution in [0.3, 0.4) is 0 Å². The number of nitrogens with zero attached hydrogens (tertiary/aromatic N) is 1. The Kier molecular flexibility index (Phi) is 8.31. The van der Waals surface area contributed by atoms with Gasteiger partial charge in [0.15, 0.2) is 6.10 Å². The third-order valence-corrected chi connectivity index (χ3v) is 4.90. The SMILES string of the molecule is Cc1cccc(C(=O)N[C@H](C(=O)OC(C)C(=O)Nc2cc([N+](=O)[O-])ccc2Cl)C(C)C)c1. The molecule has 2 rings (SSSR count). The van der Waals surface area contributed by atoms with Gasteiger partial charge in [-0.25, -0.2) is 4.79 Å². The van der Waals surface area contributed by atoms with Crippen LogP contribution in [0.2, 0.25) is 5.02 Å². The molecule has 0 saturated carbocycles. The predicted molar refractivity (Wildman–Crippen MR) is 120 cm³/mol. The summed E-state index contributed by atoms with van der Waals surface area (Å²) in [4.78, 5) is 47.9. The molecule has 2 atom stereocenters. The number of anilines is 1. The number of halogens is 1. The first-order valence-electron chi connectivity index (χ1n) is 9.82. The zero-order chi connectivity index (χ0) is 24.0. The number of nitro benzene ring substituents is 1. The zero-order valence-corrected chi connectivity index (χ0v) is 18.8. The topological polar surface area (TPSA) is 128 Å². The fourth-order valence-electron chi connectivity index (χ4n) is 2.77. The van der Waals surface area contributed by atoms with Crippen LogP contribution >= 0.6 is 11.6 Å². The first kappa shape index (κ1) is 24.8. The highest BCUT2D eigenvalue weighted by atomic mass is 35.5. The molecule has 170 valence electrons. The Morgan fingerprint density at radius 2 is 1.78 bits per heavy atom. The summed E-state index contributed by atoms with van der Waals surface area (Å²) in [6, 6.07) is 9.50. The number of nitro groups is 1. The summed E-state index contributed by atoms with van der Waals surface area (Å²) in [7, 11) is 0. The molecule has 0 bridgehead atoms. The van der Waals surface area contributed by atoms with Crippen LogP contribution in [0.25, 0.3) is 0 Å². The molecular formula is C22H24ClN3O6. The maximum absolute atomic E-state index is 12.7. The molecule has 0 saturated heterocycles. The van der Waals surface area contributed by atoms with Crippen molar-refractivity contribution in [3.05, 3.63) is 68.7 Å². The predicted octanol–water partition coefficient (Wildman–Crippen LogP) is 3.88. The van der Waals surface area contributed by atoms with Gasteiger partial charge >= 0.3 is 5.97 Å². The Labute approximate surface area is 190 Å². The summed E-state index contributed by atoms with van der Waals surface area (Å²) in [5, 5.41) is 16.1. The molecule has 2 amide bonds. The standard InChI is InChI=1S/C22H24ClN3O6/c1-12(2)19(25-21(28)15-7-5-6-13(3)10-15)22(29)32-14(4)20(27)24-18-11-16(26(30)31)8-9-17(18)23/h5-12,14,19H,1-4H3,(H,24,27)(H,25,28)/t14?,19-/m0/s1. The van der Waals surface area contributed by atoms with Gasteiger partial charge in [0.25, 0.3) is 17.5 Å². The summed E-state index contributed by atoms with van der Waals surface area (Å²) in [5.41, 5.74) is 1.05. The highest BCUT2D eigenvalue weighted by Gasteiger charge is 2.29. The van der Waals surface area contributed by atoms with Crippen molar-refractivity contribution in [2.75, 3.05) is 5.32 Å². The summed E-state index contributed by atoms with van der Waals surface area (Å²) in [5.74, 6) is -2.26. The van der Waals surface area contributed by atoms with Crippen LogP contribution in [0.15, 0.2) is 42.5 Å². The first-order valence-corrected chi connectivity index (χ1v) is 10.2. The third kappa shape index (κ3) is 6.52. The fraction of sp³-hybridized carbons (Fsp3) is 0.318. The quantitative estimate of drug-likeness (QED) is 0.349. The lowest BCUT2D eigenvalue weighted by Gasteiger charge is -2.23. The van der Waals surface area contributed by atoms with Crippen LogP contribution in [0.4, 0.5) is 11.4 Å². The van der Waals surface area contributed by atoms with Crippen molar-refractivity contribution in [3.63, 3.8) is 0 Å². The fourth-order valence-corrected chi connectivity index (χ4v) is 2.93. The number of carbonyl (C=O) groups is 3. The molecule has 0 heterocycles. The number of esters is 1.